The molecule has 2 heterocycles. The zero-order chi connectivity index (χ0) is 15.5. The molecule has 0 atom stereocenters. The summed E-state index contributed by atoms with van der Waals surface area (Å²) in [5.74, 6) is -0.102. The van der Waals surface area contributed by atoms with Gasteiger partial charge in [0.15, 0.2) is 0 Å². The molecule has 1 aliphatic heterocycles. The number of nitrogens with zero attached hydrogens (tertiary/aromatic N) is 2. The number of aromatic nitrogens is 2. The summed E-state index contributed by atoms with van der Waals surface area (Å²) in [4.78, 5) is 12.3. The third-order valence-electron chi connectivity index (χ3n) is 4.19. The second-order valence-corrected chi connectivity index (χ2v) is 5.81. The maximum absolute atomic E-state index is 12.3. The van der Waals surface area contributed by atoms with E-state index < -0.39 is 0 Å². The molecule has 0 unspecified atom stereocenters. The number of carbonyl (C=O) groups excluding carboxylic acids is 1. The lowest BCUT2D eigenvalue weighted by atomic mass is 10.1. The molecule has 1 aromatic carbocycles. The summed E-state index contributed by atoms with van der Waals surface area (Å²) in [6.45, 7) is 5.59. The molecule has 0 aliphatic carbocycles. The van der Waals surface area contributed by atoms with Crippen LogP contribution in [-0.4, -0.2) is 28.9 Å². The highest BCUT2D eigenvalue weighted by Crippen LogP contribution is 2.21. The van der Waals surface area contributed by atoms with Crippen LogP contribution in [0.15, 0.2) is 30.6 Å². The SMILES string of the molecule is Cc1ccc(C(=O)Nc2cnn(C3CCOCC3)c2)cc1C. The van der Waals surface area contributed by atoms with Gasteiger partial charge in [-0.2, -0.15) is 5.10 Å². The Morgan fingerprint density at radius 3 is 2.77 bits per heavy atom. The van der Waals surface area contributed by atoms with E-state index in [1.165, 1.54) is 5.56 Å². The molecule has 0 radical (unpaired) electrons. The molecule has 0 spiro atoms. The van der Waals surface area contributed by atoms with Crippen molar-refractivity contribution >= 4 is 11.6 Å². The Morgan fingerprint density at radius 1 is 1.27 bits per heavy atom. The van der Waals surface area contributed by atoms with Gasteiger partial charge >= 0.3 is 0 Å². The first kappa shape index (κ1) is 14.8. The number of aryl methyl sites for hydroxylation is 2. The fourth-order valence-electron chi connectivity index (χ4n) is 2.64. The highest BCUT2D eigenvalue weighted by Gasteiger charge is 2.17. The molecule has 22 heavy (non-hydrogen) atoms. The van der Waals surface area contributed by atoms with Crippen molar-refractivity contribution in [3.63, 3.8) is 0 Å². The summed E-state index contributed by atoms with van der Waals surface area (Å²) in [5, 5.41) is 7.28. The molecule has 1 N–H and O–H groups in total. The van der Waals surface area contributed by atoms with Gasteiger partial charge in [-0.05, 0) is 49.9 Å². The van der Waals surface area contributed by atoms with Crippen LogP contribution >= 0.6 is 0 Å². The molecule has 5 nitrogen and oxygen atoms in total. The standard InChI is InChI=1S/C17H21N3O2/c1-12-3-4-14(9-13(12)2)17(21)19-15-10-18-20(11-15)16-5-7-22-8-6-16/h3-4,9-11,16H,5-8H2,1-2H3,(H,19,21). The lowest BCUT2D eigenvalue weighted by Crippen LogP contribution is -2.19. The summed E-state index contributed by atoms with van der Waals surface area (Å²) in [6, 6.07) is 6.09. The molecule has 0 saturated carbocycles. The third-order valence-corrected chi connectivity index (χ3v) is 4.19. The van der Waals surface area contributed by atoms with E-state index in [1.807, 2.05) is 42.9 Å². The van der Waals surface area contributed by atoms with Gasteiger partial charge in [-0.25, -0.2) is 0 Å². The molecule has 1 amide bonds. The number of benzene rings is 1. The first-order chi connectivity index (χ1) is 10.6. The van der Waals surface area contributed by atoms with Crippen LogP contribution in [0, 0.1) is 13.8 Å². The first-order valence-corrected chi connectivity index (χ1v) is 7.64. The predicted octanol–water partition coefficient (Wildman–Crippen LogP) is 3.10. The molecule has 3 rings (SSSR count). The summed E-state index contributed by atoms with van der Waals surface area (Å²) < 4.78 is 7.29. The maximum Gasteiger partial charge on any atom is 0.255 e. The topological polar surface area (TPSA) is 56.2 Å². The Kier molecular flexibility index (Phi) is 4.24. The first-order valence-electron chi connectivity index (χ1n) is 7.64. The van der Waals surface area contributed by atoms with Crippen molar-refractivity contribution in [3.05, 3.63) is 47.3 Å². The van der Waals surface area contributed by atoms with Crippen molar-refractivity contribution in [2.24, 2.45) is 0 Å². The Hall–Kier alpha value is -2.14. The summed E-state index contributed by atoms with van der Waals surface area (Å²) in [5.41, 5.74) is 3.70. The van der Waals surface area contributed by atoms with Crippen molar-refractivity contribution in [1.29, 1.82) is 0 Å². The monoisotopic (exact) mass is 299 g/mol. The van der Waals surface area contributed by atoms with Crippen LogP contribution in [0.5, 0.6) is 0 Å². The summed E-state index contributed by atoms with van der Waals surface area (Å²) in [7, 11) is 0. The van der Waals surface area contributed by atoms with Crippen LogP contribution in [0.4, 0.5) is 5.69 Å². The minimum absolute atomic E-state index is 0.102. The van der Waals surface area contributed by atoms with Crippen molar-refractivity contribution < 1.29 is 9.53 Å². The van der Waals surface area contributed by atoms with E-state index in [1.54, 1.807) is 6.20 Å². The van der Waals surface area contributed by atoms with E-state index in [0.717, 1.165) is 37.3 Å². The summed E-state index contributed by atoms with van der Waals surface area (Å²) >= 11 is 0. The Labute approximate surface area is 130 Å². The molecule has 1 aliphatic rings. The number of rotatable bonds is 3. The lowest BCUT2D eigenvalue weighted by Gasteiger charge is -2.22. The number of ether oxygens (including phenoxy) is 1. The molecule has 2 aromatic rings. The fourth-order valence-corrected chi connectivity index (χ4v) is 2.64. The van der Waals surface area contributed by atoms with E-state index in [4.69, 9.17) is 4.74 Å². The second kappa shape index (κ2) is 6.32. The van der Waals surface area contributed by atoms with Crippen molar-refractivity contribution in [3.8, 4) is 0 Å². The van der Waals surface area contributed by atoms with Crippen LogP contribution in [0.25, 0.3) is 0 Å². The predicted molar refractivity (Wildman–Crippen MR) is 85.2 cm³/mol. The van der Waals surface area contributed by atoms with E-state index in [0.29, 0.717) is 11.6 Å². The smallest absolute Gasteiger partial charge is 0.255 e. The minimum Gasteiger partial charge on any atom is -0.381 e. The zero-order valence-electron chi connectivity index (χ0n) is 13.0. The maximum atomic E-state index is 12.3. The van der Waals surface area contributed by atoms with Crippen LogP contribution in [0.1, 0.15) is 40.4 Å². The average Bonchev–Trinajstić information content (AvgIpc) is 2.99. The van der Waals surface area contributed by atoms with E-state index in [2.05, 4.69) is 10.4 Å². The largest absolute Gasteiger partial charge is 0.381 e. The van der Waals surface area contributed by atoms with Gasteiger partial charge in [0.05, 0.1) is 17.9 Å². The Morgan fingerprint density at radius 2 is 2.05 bits per heavy atom. The van der Waals surface area contributed by atoms with Crippen LogP contribution in [0.2, 0.25) is 0 Å². The number of anilines is 1. The van der Waals surface area contributed by atoms with Crippen molar-refractivity contribution in [1.82, 2.24) is 9.78 Å². The molecular formula is C17H21N3O2. The van der Waals surface area contributed by atoms with Gasteiger partial charge in [0.1, 0.15) is 0 Å². The van der Waals surface area contributed by atoms with Crippen LogP contribution in [0.3, 0.4) is 0 Å². The van der Waals surface area contributed by atoms with Gasteiger partial charge < -0.3 is 10.1 Å². The molecule has 1 fully saturated rings. The van der Waals surface area contributed by atoms with Crippen LogP contribution < -0.4 is 5.32 Å². The number of hydrogen-bond acceptors (Lipinski definition) is 3. The quantitative estimate of drug-likeness (QED) is 0.947. The van der Waals surface area contributed by atoms with Crippen LogP contribution in [-0.2, 0) is 4.74 Å². The molecule has 1 saturated heterocycles. The molecule has 0 bridgehead atoms. The number of hydrogen-bond donors (Lipinski definition) is 1. The number of carbonyl (C=O) groups is 1. The van der Waals surface area contributed by atoms with Crippen molar-refractivity contribution in [2.75, 3.05) is 18.5 Å². The lowest BCUT2D eigenvalue weighted by molar-refractivity contribution is 0.0662. The number of amides is 1. The average molecular weight is 299 g/mol. The highest BCUT2D eigenvalue weighted by atomic mass is 16.5. The Bertz CT molecular complexity index is 672. The molecular weight excluding hydrogens is 278 g/mol. The van der Waals surface area contributed by atoms with Gasteiger partial charge in [-0.15, -0.1) is 0 Å². The highest BCUT2D eigenvalue weighted by molar-refractivity contribution is 6.04. The van der Waals surface area contributed by atoms with E-state index in [-0.39, 0.29) is 5.91 Å². The normalized spacial score (nSPS) is 15.7. The minimum atomic E-state index is -0.102. The van der Waals surface area contributed by atoms with Gasteiger partial charge in [-0.1, -0.05) is 6.07 Å². The molecule has 5 heteroatoms. The van der Waals surface area contributed by atoms with Gasteiger partial charge in [-0.3, -0.25) is 9.48 Å². The second-order valence-electron chi connectivity index (χ2n) is 5.81. The molecule has 116 valence electrons. The summed E-state index contributed by atoms with van der Waals surface area (Å²) in [6.07, 6.45) is 5.53. The fraction of sp³-hybridized carbons (Fsp3) is 0.412. The third kappa shape index (κ3) is 3.20. The van der Waals surface area contributed by atoms with Gasteiger partial charge in [0.25, 0.3) is 5.91 Å². The number of nitrogens with one attached hydrogen (secondary N) is 1. The van der Waals surface area contributed by atoms with Gasteiger partial charge in [0, 0.05) is 25.0 Å². The zero-order valence-corrected chi connectivity index (χ0v) is 13.0. The molecule has 1 aromatic heterocycles. The van der Waals surface area contributed by atoms with E-state index in [9.17, 15) is 4.79 Å². The van der Waals surface area contributed by atoms with Crippen molar-refractivity contribution in [2.45, 2.75) is 32.7 Å². The van der Waals surface area contributed by atoms with Gasteiger partial charge in [0.2, 0.25) is 0 Å². The Balaban J connectivity index is 1.68. The van der Waals surface area contributed by atoms with E-state index >= 15 is 0 Å².